The van der Waals surface area contributed by atoms with Crippen LogP contribution in [-0.4, -0.2) is 15.7 Å². The van der Waals surface area contributed by atoms with Crippen molar-refractivity contribution in [3.8, 4) is 0 Å². The van der Waals surface area contributed by atoms with Crippen LogP contribution in [-0.2, 0) is 0 Å². The van der Waals surface area contributed by atoms with Crippen molar-refractivity contribution in [2.24, 2.45) is 0 Å². The summed E-state index contributed by atoms with van der Waals surface area (Å²) in [7, 11) is 4.37. The molecule has 0 spiro atoms. The molecular formula is C8H11B2I. The number of hydrogen-bond donors (Lipinski definition) is 0. The van der Waals surface area contributed by atoms with Gasteiger partial charge in [0.25, 0.3) is 0 Å². The number of rotatable bonds is 0. The van der Waals surface area contributed by atoms with Gasteiger partial charge in [0.05, 0.1) is 0 Å². The lowest BCUT2D eigenvalue weighted by Crippen LogP contribution is -2.24. The highest BCUT2D eigenvalue weighted by Crippen LogP contribution is 2.04. The maximum absolute atomic E-state index is 2.39. The molecule has 0 radical (unpaired) electrons. The van der Waals surface area contributed by atoms with Gasteiger partial charge in [-0.05, 0) is 42.5 Å². The Balaban J connectivity index is 3.46. The van der Waals surface area contributed by atoms with E-state index in [1.165, 1.54) is 25.6 Å². The summed E-state index contributed by atoms with van der Waals surface area (Å²) in [4.78, 5) is 0. The van der Waals surface area contributed by atoms with E-state index >= 15 is 0 Å². The SMILES string of the molecule is Bc1c(C)cc(I)c(B)c1C. The third-order valence-electron chi connectivity index (χ3n) is 2.42. The molecule has 0 nitrogen and oxygen atoms in total. The normalized spacial score (nSPS) is 10.1. The lowest BCUT2D eigenvalue weighted by Gasteiger charge is -2.10. The number of hydrogen-bond acceptors (Lipinski definition) is 0. The van der Waals surface area contributed by atoms with Gasteiger partial charge in [0, 0.05) is 3.57 Å². The van der Waals surface area contributed by atoms with Gasteiger partial charge in [0.2, 0.25) is 0 Å². The van der Waals surface area contributed by atoms with Gasteiger partial charge in [-0.3, -0.25) is 0 Å². The highest BCUT2D eigenvalue weighted by Gasteiger charge is 2.03. The fourth-order valence-corrected chi connectivity index (χ4v) is 2.03. The molecular weight excluding hydrogens is 245 g/mol. The maximum atomic E-state index is 2.39. The van der Waals surface area contributed by atoms with Crippen molar-refractivity contribution in [3.63, 3.8) is 0 Å². The monoisotopic (exact) mass is 256 g/mol. The lowest BCUT2D eigenvalue weighted by molar-refractivity contribution is 1.44. The van der Waals surface area contributed by atoms with Gasteiger partial charge in [-0.2, -0.15) is 0 Å². The van der Waals surface area contributed by atoms with Crippen LogP contribution in [0.2, 0.25) is 0 Å². The van der Waals surface area contributed by atoms with Crippen molar-refractivity contribution in [1.82, 2.24) is 0 Å². The Hall–Kier alpha value is 0.0799. The van der Waals surface area contributed by atoms with E-state index in [1.807, 2.05) is 0 Å². The standard InChI is InChI=1S/C8H11B2I/c1-4-3-6(11)8(10)5(2)7(4)9/h3H,9-10H2,1-2H3. The van der Waals surface area contributed by atoms with Crippen molar-refractivity contribution < 1.29 is 0 Å². The van der Waals surface area contributed by atoms with Gasteiger partial charge < -0.3 is 0 Å². The molecule has 0 N–H and O–H groups in total. The smallest absolute Gasteiger partial charge is 0.0837 e. The van der Waals surface area contributed by atoms with Crippen LogP contribution < -0.4 is 10.9 Å². The van der Waals surface area contributed by atoms with Gasteiger partial charge in [-0.25, -0.2) is 0 Å². The van der Waals surface area contributed by atoms with Gasteiger partial charge >= 0.3 is 0 Å². The van der Waals surface area contributed by atoms with E-state index in [2.05, 4.69) is 58.2 Å². The molecule has 56 valence electrons. The summed E-state index contributed by atoms with van der Waals surface area (Å²) in [5.74, 6) is 0. The third-order valence-corrected chi connectivity index (χ3v) is 3.54. The first-order chi connectivity index (χ1) is 5.04. The second-order valence-corrected chi connectivity index (χ2v) is 4.21. The molecule has 0 aliphatic carbocycles. The predicted octanol–water partition coefficient (Wildman–Crippen LogP) is -0.575. The summed E-state index contributed by atoms with van der Waals surface area (Å²) >= 11 is 2.39. The van der Waals surface area contributed by atoms with E-state index in [9.17, 15) is 0 Å². The van der Waals surface area contributed by atoms with E-state index in [4.69, 9.17) is 0 Å². The molecule has 0 saturated carbocycles. The van der Waals surface area contributed by atoms with Gasteiger partial charge in [0.15, 0.2) is 0 Å². The zero-order valence-electron chi connectivity index (χ0n) is 7.46. The highest BCUT2D eigenvalue weighted by molar-refractivity contribution is 14.1. The summed E-state index contributed by atoms with van der Waals surface area (Å²) in [5.41, 5.74) is 5.70. The molecule has 0 fully saturated rings. The van der Waals surface area contributed by atoms with Crippen LogP contribution in [0.1, 0.15) is 11.1 Å². The van der Waals surface area contributed by atoms with Crippen LogP contribution in [0.25, 0.3) is 0 Å². The molecule has 11 heavy (non-hydrogen) atoms. The Bertz CT molecular complexity index is 268. The summed E-state index contributed by atoms with van der Waals surface area (Å²) in [5, 5.41) is 0. The molecule has 0 heterocycles. The largest absolute Gasteiger partial charge is 0.141 e. The first kappa shape index (κ1) is 9.17. The van der Waals surface area contributed by atoms with Crippen molar-refractivity contribution in [3.05, 3.63) is 20.8 Å². The molecule has 0 aromatic heterocycles. The van der Waals surface area contributed by atoms with Gasteiger partial charge in [-0.15, -0.1) is 0 Å². The number of benzene rings is 1. The lowest BCUT2D eigenvalue weighted by atomic mass is 9.79. The highest BCUT2D eigenvalue weighted by atomic mass is 127. The minimum Gasteiger partial charge on any atom is -0.0837 e. The molecule has 0 amide bonds. The van der Waals surface area contributed by atoms with Crippen LogP contribution in [0.5, 0.6) is 0 Å². The molecule has 0 aliphatic heterocycles. The summed E-state index contributed by atoms with van der Waals surface area (Å²) < 4.78 is 1.38. The zero-order valence-corrected chi connectivity index (χ0v) is 9.61. The quantitative estimate of drug-likeness (QED) is 0.430. The topological polar surface area (TPSA) is 0 Å². The Morgan fingerprint density at radius 2 is 1.73 bits per heavy atom. The first-order valence-corrected chi connectivity index (χ1v) is 4.85. The minimum atomic E-state index is 1.38. The molecule has 0 saturated heterocycles. The Morgan fingerprint density at radius 1 is 1.18 bits per heavy atom. The molecule has 0 unspecified atom stereocenters. The third kappa shape index (κ3) is 1.63. The second-order valence-electron chi connectivity index (χ2n) is 3.05. The van der Waals surface area contributed by atoms with Gasteiger partial charge in [0.1, 0.15) is 15.7 Å². The zero-order chi connectivity index (χ0) is 8.59. The summed E-state index contributed by atoms with van der Waals surface area (Å²) in [6, 6.07) is 2.25. The molecule has 0 atom stereocenters. The molecule has 1 aromatic carbocycles. The van der Waals surface area contributed by atoms with E-state index < -0.39 is 0 Å². The van der Waals surface area contributed by atoms with Crippen LogP contribution in [0.15, 0.2) is 6.07 Å². The Morgan fingerprint density at radius 3 is 2.27 bits per heavy atom. The van der Waals surface area contributed by atoms with Gasteiger partial charge in [-0.1, -0.05) is 22.1 Å². The Labute approximate surface area is 83.7 Å². The molecule has 0 bridgehead atoms. The van der Waals surface area contributed by atoms with Crippen LogP contribution >= 0.6 is 22.6 Å². The molecule has 3 heteroatoms. The van der Waals surface area contributed by atoms with E-state index in [0.29, 0.717) is 0 Å². The maximum Gasteiger partial charge on any atom is 0.141 e. The number of aryl methyl sites for hydroxylation is 1. The van der Waals surface area contributed by atoms with Crippen LogP contribution in [0.3, 0.4) is 0 Å². The van der Waals surface area contributed by atoms with E-state index in [1.54, 1.807) is 0 Å². The van der Waals surface area contributed by atoms with E-state index in [-0.39, 0.29) is 0 Å². The van der Waals surface area contributed by atoms with Crippen LogP contribution in [0.4, 0.5) is 0 Å². The molecule has 0 aliphatic rings. The average molecular weight is 256 g/mol. The van der Waals surface area contributed by atoms with E-state index in [0.717, 1.165) is 0 Å². The van der Waals surface area contributed by atoms with Crippen molar-refractivity contribution in [2.45, 2.75) is 13.8 Å². The molecule has 1 rings (SSSR count). The summed E-state index contributed by atoms with van der Waals surface area (Å²) in [6.45, 7) is 4.36. The Kier molecular flexibility index (Phi) is 2.68. The first-order valence-electron chi connectivity index (χ1n) is 3.77. The molecule has 1 aromatic rings. The van der Waals surface area contributed by atoms with Crippen molar-refractivity contribution in [2.75, 3.05) is 0 Å². The fraction of sp³-hybridized carbons (Fsp3) is 0.250. The fourth-order valence-electron chi connectivity index (χ4n) is 1.16. The van der Waals surface area contributed by atoms with Crippen LogP contribution in [0, 0.1) is 17.4 Å². The summed E-state index contributed by atoms with van der Waals surface area (Å²) in [6.07, 6.45) is 0. The average Bonchev–Trinajstić information content (AvgIpc) is 1.97. The second kappa shape index (κ2) is 3.21. The predicted molar refractivity (Wildman–Crippen MR) is 65.0 cm³/mol. The minimum absolute atomic E-state index is 1.38. The van der Waals surface area contributed by atoms with Crippen molar-refractivity contribution >= 4 is 49.2 Å². The number of halogens is 1. The van der Waals surface area contributed by atoms with Crippen molar-refractivity contribution in [1.29, 1.82) is 0 Å².